The second-order valence-electron chi connectivity index (χ2n) is 4.62. The van der Waals surface area contributed by atoms with Crippen LogP contribution in [-0.2, 0) is 9.59 Å². The Kier molecular flexibility index (Phi) is 4.33. The van der Waals surface area contributed by atoms with E-state index >= 15 is 0 Å². The van der Waals surface area contributed by atoms with Gasteiger partial charge in [-0.15, -0.1) is 11.3 Å². The number of nitrogens with one attached hydrogen (secondary N) is 2. The highest BCUT2D eigenvalue weighted by Crippen LogP contribution is 2.18. The van der Waals surface area contributed by atoms with E-state index in [2.05, 4.69) is 15.6 Å². The summed E-state index contributed by atoms with van der Waals surface area (Å²) in [4.78, 5) is 40.5. The lowest BCUT2D eigenvalue weighted by Crippen LogP contribution is -2.39. The zero-order valence-electron chi connectivity index (χ0n) is 11.3. The average molecular weight is 296 g/mol. The minimum absolute atomic E-state index is 0.0509. The van der Waals surface area contributed by atoms with Crippen molar-refractivity contribution < 1.29 is 14.4 Å². The molecule has 2 rings (SSSR count). The van der Waals surface area contributed by atoms with E-state index in [1.165, 1.54) is 18.3 Å². The topological polar surface area (TPSA) is 91.4 Å². The van der Waals surface area contributed by atoms with E-state index in [-0.39, 0.29) is 30.2 Å². The molecule has 1 aromatic rings. The van der Waals surface area contributed by atoms with Gasteiger partial charge in [-0.25, -0.2) is 4.98 Å². The average Bonchev–Trinajstić information content (AvgIpc) is 2.74. The number of aromatic nitrogens is 1. The normalized spacial score (nSPS) is 19.2. The molecule has 0 saturated carbocycles. The fourth-order valence-electron chi connectivity index (χ4n) is 2.02. The molecule has 0 bridgehead atoms. The van der Waals surface area contributed by atoms with Crippen molar-refractivity contribution in [3.8, 4) is 0 Å². The Morgan fingerprint density at radius 1 is 1.55 bits per heavy atom. The van der Waals surface area contributed by atoms with Crippen LogP contribution in [0.15, 0.2) is 5.38 Å². The maximum atomic E-state index is 12.4. The first-order chi connectivity index (χ1) is 9.47. The van der Waals surface area contributed by atoms with Crippen LogP contribution in [0.5, 0.6) is 0 Å². The van der Waals surface area contributed by atoms with Crippen LogP contribution in [0.1, 0.15) is 30.8 Å². The molecule has 1 aromatic heterocycles. The molecule has 20 heavy (non-hydrogen) atoms. The van der Waals surface area contributed by atoms with Crippen molar-refractivity contribution >= 4 is 34.2 Å². The standard InChI is InChI=1S/C12H16N4O3S/c1-7-5-10(18)13-3-4-16(7)11(19)9-6-20-12(15-9)14-8(2)17/h6-7H,3-5H2,1-2H3,(H,13,18)(H,14,15,17)/t7-/m0/s1. The molecule has 3 amide bonds. The number of hydrogen-bond donors (Lipinski definition) is 2. The van der Waals surface area contributed by atoms with Gasteiger partial charge < -0.3 is 15.5 Å². The van der Waals surface area contributed by atoms with Crippen LogP contribution in [-0.4, -0.2) is 46.7 Å². The van der Waals surface area contributed by atoms with Crippen LogP contribution >= 0.6 is 11.3 Å². The molecule has 0 radical (unpaired) electrons. The van der Waals surface area contributed by atoms with E-state index in [0.29, 0.717) is 23.9 Å². The Balaban J connectivity index is 2.11. The Bertz CT molecular complexity index is 543. The number of hydrogen-bond acceptors (Lipinski definition) is 5. The van der Waals surface area contributed by atoms with Crippen LogP contribution < -0.4 is 10.6 Å². The monoisotopic (exact) mass is 296 g/mol. The van der Waals surface area contributed by atoms with Gasteiger partial charge in [-0.1, -0.05) is 0 Å². The highest BCUT2D eigenvalue weighted by Gasteiger charge is 2.27. The summed E-state index contributed by atoms with van der Waals surface area (Å²) in [5.41, 5.74) is 0.292. The van der Waals surface area contributed by atoms with Crippen molar-refractivity contribution in [2.75, 3.05) is 18.4 Å². The van der Waals surface area contributed by atoms with E-state index in [4.69, 9.17) is 0 Å². The molecule has 1 aliphatic heterocycles. The molecule has 0 unspecified atom stereocenters. The summed E-state index contributed by atoms with van der Waals surface area (Å²) in [5.74, 6) is -0.497. The summed E-state index contributed by atoms with van der Waals surface area (Å²) in [6.45, 7) is 4.12. The van der Waals surface area contributed by atoms with Crippen molar-refractivity contribution in [2.24, 2.45) is 0 Å². The second-order valence-corrected chi connectivity index (χ2v) is 5.48. The van der Waals surface area contributed by atoms with Gasteiger partial charge in [0.2, 0.25) is 11.8 Å². The van der Waals surface area contributed by atoms with E-state index in [0.717, 1.165) is 0 Å². The summed E-state index contributed by atoms with van der Waals surface area (Å²) in [7, 11) is 0. The molecule has 7 nitrogen and oxygen atoms in total. The molecule has 2 heterocycles. The van der Waals surface area contributed by atoms with E-state index in [9.17, 15) is 14.4 Å². The first-order valence-electron chi connectivity index (χ1n) is 6.28. The van der Waals surface area contributed by atoms with E-state index in [1.54, 1.807) is 10.3 Å². The number of carbonyl (C=O) groups is 3. The minimum Gasteiger partial charge on any atom is -0.354 e. The summed E-state index contributed by atoms with van der Waals surface area (Å²) in [5, 5.41) is 7.29. The summed E-state index contributed by atoms with van der Waals surface area (Å²) < 4.78 is 0. The van der Waals surface area contributed by atoms with Crippen LogP contribution in [0.4, 0.5) is 5.13 Å². The third-order valence-corrected chi connectivity index (χ3v) is 3.71. The van der Waals surface area contributed by atoms with Gasteiger partial charge >= 0.3 is 0 Å². The van der Waals surface area contributed by atoms with Crippen molar-refractivity contribution in [1.29, 1.82) is 0 Å². The fraction of sp³-hybridized carbons (Fsp3) is 0.500. The van der Waals surface area contributed by atoms with Gasteiger partial charge in [0.05, 0.1) is 0 Å². The van der Waals surface area contributed by atoms with Crippen LogP contribution in [0.2, 0.25) is 0 Å². The minimum atomic E-state index is -0.226. The largest absolute Gasteiger partial charge is 0.354 e. The van der Waals surface area contributed by atoms with Crippen LogP contribution in [0.3, 0.4) is 0 Å². The number of thiazole rings is 1. The van der Waals surface area contributed by atoms with Gasteiger partial charge in [0.15, 0.2) is 5.13 Å². The Labute approximate surface area is 120 Å². The smallest absolute Gasteiger partial charge is 0.273 e. The number of amides is 3. The zero-order chi connectivity index (χ0) is 14.7. The quantitative estimate of drug-likeness (QED) is 0.829. The second kappa shape index (κ2) is 6.00. The third-order valence-electron chi connectivity index (χ3n) is 2.95. The van der Waals surface area contributed by atoms with Crippen LogP contribution in [0.25, 0.3) is 0 Å². The first kappa shape index (κ1) is 14.4. The molecule has 2 N–H and O–H groups in total. The molecular weight excluding hydrogens is 280 g/mol. The predicted octanol–water partition coefficient (Wildman–Crippen LogP) is 0.452. The summed E-state index contributed by atoms with van der Waals surface area (Å²) in [6, 6.07) is -0.170. The first-order valence-corrected chi connectivity index (χ1v) is 7.16. The lowest BCUT2D eigenvalue weighted by Gasteiger charge is -2.25. The number of nitrogens with zero attached hydrogens (tertiary/aromatic N) is 2. The van der Waals surface area contributed by atoms with Crippen molar-refractivity contribution in [2.45, 2.75) is 26.3 Å². The molecule has 108 valence electrons. The molecule has 1 saturated heterocycles. The molecule has 8 heteroatoms. The Morgan fingerprint density at radius 3 is 3.00 bits per heavy atom. The number of anilines is 1. The maximum Gasteiger partial charge on any atom is 0.273 e. The molecule has 1 atom stereocenters. The summed E-state index contributed by atoms with van der Waals surface area (Å²) in [6.07, 6.45) is 0.286. The van der Waals surface area contributed by atoms with Gasteiger partial charge in [-0.05, 0) is 6.92 Å². The molecule has 1 aliphatic rings. The number of rotatable bonds is 2. The van der Waals surface area contributed by atoms with Crippen molar-refractivity contribution in [1.82, 2.24) is 15.2 Å². The zero-order valence-corrected chi connectivity index (χ0v) is 12.1. The van der Waals surface area contributed by atoms with Gasteiger partial charge in [-0.3, -0.25) is 14.4 Å². The maximum absolute atomic E-state index is 12.4. The third kappa shape index (κ3) is 3.32. The SMILES string of the molecule is CC(=O)Nc1nc(C(=O)N2CCNC(=O)C[C@@H]2C)cs1. The van der Waals surface area contributed by atoms with Gasteiger partial charge in [0, 0.05) is 37.9 Å². The lowest BCUT2D eigenvalue weighted by atomic mass is 10.2. The van der Waals surface area contributed by atoms with Crippen LogP contribution in [0, 0.1) is 0 Å². The Morgan fingerprint density at radius 2 is 2.30 bits per heavy atom. The van der Waals surface area contributed by atoms with E-state index < -0.39 is 0 Å². The van der Waals surface area contributed by atoms with E-state index in [1.807, 2.05) is 6.92 Å². The molecule has 0 spiro atoms. The van der Waals surface area contributed by atoms with Gasteiger partial charge in [0.1, 0.15) is 5.69 Å². The molecular formula is C12H16N4O3S. The molecule has 0 aromatic carbocycles. The number of carbonyl (C=O) groups excluding carboxylic acids is 3. The lowest BCUT2D eigenvalue weighted by molar-refractivity contribution is -0.121. The van der Waals surface area contributed by atoms with Crippen molar-refractivity contribution in [3.63, 3.8) is 0 Å². The van der Waals surface area contributed by atoms with Crippen molar-refractivity contribution in [3.05, 3.63) is 11.1 Å². The van der Waals surface area contributed by atoms with Gasteiger partial charge in [-0.2, -0.15) is 0 Å². The molecule has 1 fully saturated rings. The predicted molar refractivity (Wildman–Crippen MR) is 74.5 cm³/mol. The molecule has 0 aliphatic carbocycles. The highest BCUT2D eigenvalue weighted by molar-refractivity contribution is 7.14. The Hall–Kier alpha value is -1.96. The highest BCUT2D eigenvalue weighted by atomic mass is 32.1. The van der Waals surface area contributed by atoms with Gasteiger partial charge in [0.25, 0.3) is 5.91 Å². The fourth-order valence-corrected chi connectivity index (χ4v) is 2.75. The summed E-state index contributed by atoms with van der Waals surface area (Å²) >= 11 is 1.20.